The lowest BCUT2D eigenvalue weighted by Gasteiger charge is -2.15. The number of hydrogen-bond acceptors (Lipinski definition) is 3. The highest BCUT2D eigenvalue weighted by atomic mass is 35.5. The molecule has 0 aliphatic rings. The molecular formula is C13H20ClN3O2. The van der Waals surface area contributed by atoms with Crippen molar-refractivity contribution in [2.24, 2.45) is 17.4 Å². The lowest BCUT2D eigenvalue weighted by Crippen LogP contribution is -2.38. The lowest BCUT2D eigenvalue weighted by molar-refractivity contribution is -0.125. The fourth-order valence-corrected chi connectivity index (χ4v) is 1.38. The number of hydrogen-bond donors (Lipinski definition) is 3. The number of nitrogens with one attached hydrogen (secondary N) is 1. The minimum Gasteiger partial charge on any atom is -0.366 e. The molecule has 0 radical (unpaired) electrons. The summed E-state index contributed by atoms with van der Waals surface area (Å²) in [5, 5.41) is 2.79. The fraction of sp³-hybridized carbons (Fsp3) is 0.385. The summed E-state index contributed by atoms with van der Waals surface area (Å²) in [7, 11) is 0. The first-order valence-corrected chi connectivity index (χ1v) is 5.84. The summed E-state index contributed by atoms with van der Waals surface area (Å²) in [6, 6.07) is 6.62. The minimum atomic E-state index is -0.462. The molecule has 2 amide bonds. The van der Waals surface area contributed by atoms with Crippen molar-refractivity contribution in [1.82, 2.24) is 5.32 Å². The molecule has 1 rings (SSSR count). The van der Waals surface area contributed by atoms with Crippen LogP contribution in [0, 0.1) is 5.92 Å². The van der Waals surface area contributed by atoms with Crippen LogP contribution in [-0.2, 0) is 11.3 Å². The predicted octanol–water partition coefficient (Wildman–Crippen LogP) is 0.807. The molecule has 0 fully saturated rings. The van der Waals surface area contributed by atoms with E-state index in [9.17, 15) is 9.59 Å². The minimum absolute atomic E-state index is 0. The zero-order valence-electron chi connectivity index (χ0n) is 11.1. The molecule has 5 N–H and O–H groups in total. The van der Waals surface area contributed by atoms with Gasteiger partial charge in [-0.3, -0.25) is 9.59 Å². The van der Waals surface area contributed by atoms with Gasteiger partial charge in [-0.1, -0.05) is 19.1 Å². The van der Waals surface area contributed by atoms with E-state index < -0.39 is 5.91 Å². The zero-order valence-corrected chi connectivity index (χ0v) is 11.9. The van der Waals surface area contributed by atoms with E-state index in [0.717, 1.165) is 5.56 Å². The first kappa shape index (κ1) is 17.4. The molecule has 1 aromatic rings. The van der Waals surface area contributed by atoms with Gasteiger partial charge in [0.1, 0.15) is 0 Å². The van der Waals surface area contributed by atoms with Crippen LogP contribution in [0.25, 0.3) is 0 Å². The number of primary amides is 1. The molecule has 0 aliphatic carbocycles. The quantitative estimate of drug-likeness (QED) is 0.746. The maximum absolute atomic E-state index is 11.7. The Morgan fingerprint density at radius 3 is 2.16 bits per heavy atom. The third kappa shape index (κ3) is 5.28. The predicted molar refractivity (Wildman–Crippen MR) is 76.9 cm³/mol. The normalized spacial score (nSPS) is 13.0. The highest BCUT2D eigenvalue weighted by Crippen LogP contribution is 2.05. The van der Waals surface area contributed by atoms with Crippen molar-refractivity contribution in [3.05, 3.63) is 35.4 Å². The lowest BCUT2D eigenvalue weighted by atomic mass is 10.0. The van der Waals surface area contributed by atoms with E-state index in [1.807, 2.05) is 0 Å². The molecule has 0 saturated carbocycles. The van der Waals surface area contributed by atoms with Gasteiger partial charge < -0.3 is 16.8 Å². The molecule has 1 aromatic carbocycles. The van der Waals surface area contributed by atoms with Crippen LogP contribution in [0.1, 0.15) is 29.8 Å². The van der Waals surface area contributed by atoms with E-state index in [4.69, 9.17) is 11.5 Å². The monoisotopic (exact) mass is 285 g/mol. The third-order valence-corrected chi connectivity index (χ3v) is 2.91. The average Bonchev–Trinajstić information content (AvgIpc) is 2.35. The van der Waals surface area contributed by atoms with Crippen molar-refractivity contribution in [1.29, 1.82) is 0 Å². The Kier molecular flexibility index (Phi) is 7.11. The Morgan fingerprint density at radius 2 is 1.74 bits per heavy atom. The molecule has 0 saturated heterocycles. The first-order chi connectivity index (χ1) is 8.41. The molecule has 0 aliphatic heterocycles. The van der Waals surface area contributed by atoms with E-state index >= 15 is 0 Å². The Morgan fingerprint density at radius 1 is 1.21 bits per heavy atom. The second-order valence-corrected chi connectivity index (χ2v) is 4.43. The maximum atomic E-state index is 11.7. The number of benzene rings is 1. The van der Waals surface area contributed by atoms with Crippen LogP contribution < -0.4 is 16.8 Å². The largest absolute Gasteiger partial charge is 0.366 e. The van der Waals surface area contributed by atoms with Gasteiger partial charge >= 0.3 is 0 Å². The van der Waals surface area contributed by atoms with Crippen molar-refractivity contribution in [3.8, 4) is 0 Å². The Balaban J connectivity index is 0.00000324. The second kappa shape index (κ2) is 7.76. The van der Waals surface area contributed by atoms with Gasteiger partial charge in [-0.05, 0) is 24.6 Å². The van der Waals surface area contributed by atoms with Crippen LogP contribution in [0.15, 0.2) is 24.3 Å². The molecule has 0 heterocycles. The number of carbonyl (C=O) groups is 2. The number of rotatable bonds is 5. The Bertz CT molecular complexity index is 432. The highest BCUT2D eigenvalue weighted by Gasteiger charge is 2.16. The maximum Gasteiger partial charge on any atom is 0.248 e. The van der Waals surface area contributed by atoms with E-state index in [-0.39, 0.29) is 30.3 Å². The summed E-state index contributed by atoms with van der Waals surface area (Å²) in [5.74, 6) is -0.768. The van der Waals surface area contributed by atoms with Gasteiger partial charge in [-0.25, -0.2) is 0 Å². The molecule has 6 heteroatoms. The van der Waals surface area contributed by atoms with E-state index in [2.05, 4.69) is 5.32 Å². The Hall–Kier alpha value is -1.59. The van der Waals surface area contributed by atoms with Crippen LogP contribution in [-0.4, -0.2) is 17.9 Å². The molecule has 106 valence electrons. The second-order valence-electron chi connectivity index (χ2n) is 4.43. The number of carbonyl (C=O) groups excluding carboxylic acids is 2. The van der Waals surface area contributed by atoms with Crippen molar-refractivity contribution >= 4 is 24.2 Å². The van der Waals surface area contributed by atoms with E-state index in [1.54, 1.807) is 38.1 Å². The van der Waals surface area contributed by atoms with Crippen molar-refractivity contribution in [2.45, 2.75) is 26.4 Å². The first-order valence-electron chi connectivity index (χ1n) is 5.84. The van der Waals surface area contributed by atoms with Gasteiger partial charge in [0, 0.05) is 24.1 Å². The van der Waals surface area contributed by atoms with E-state index in [1.165, 1.54) is 0 Å². The van der Waals surface area contributed by atoms with Crippen molar-refractivity contribution in [3.63, 3.8) is 0 Å². The molecule has 19 heavy (non-hydrogen) atoms. The van der Waals surface area contributed by atoms with Crippen molar-refractivity contribution in [2.75, 3.05) is 0 Å². The summed E-state index contributed by atoms with van der Waals surface area (Å²) in [4.78, 5) is 22.5. The molecular weight excluding hydrogens is 266 g/mol. The van der Waals surface area contributed by atoms with Gasteiger partial charge in [-0.15, -0.1) is 12.4 Å². The third-order valence-electron chi connectivity index (χ3n) is 2.91. The van der Waals surface area contributed by atoms with Crippen LogP contribution in [0.4, 0.5) is 0 Å². The summed E-state index contributed by atoms with van der Waals surface area (Å²) >= 11 is 0. The fourth-order valence-electron chi connectivity index (χ4n) is 1.38. The summed E-state index contributed by atoms with van der Waals surface area (Å²) in [6.07, 6.45) is 0. The van der Waals surface area contributed by atoms with E-state index in [0.29, 0.717) is 12.1 Å². The molecule has 0 aromatic heterocycles. The van der Waals surface area contributed by atoms with Crippen LogP contribution in [0.3, 0.4) is 0 Å². The summed E-state index contributed by atoms with van der Waals surface area (Å²) in [5.41, 5.74) is 12.1. The van der Waals surface area contributed by atoms with Gasteiger partial charge in [0.15, 0.2) is 0 Å². The Labute approximate surface area is 119 Å². The number of nitrogens with two attached hydrogens (primary N) is 2. The van der Waals surface area contributed by atoms with Crippen LogP contribution in [0.2, 0.25) is 0 Å². The summed E-state index contributed by atoms with van der Waals surface area (Å²) < 4.78 is 0. The number of amides is 2. The zero-order chi connectivity index (χ0) is 13.7. The molecule has 2 unspecified atom stereocenters. The standard InChI is InChI=1S/C13H19N3O2.ClH/c1-8(9(2)14)13(18)16-7-10-3-5-11(6-4-10)12(15)17;/h3-6,8-9H,7,14H2,1-2H3,(H2,15,17)(H,16,18);1H. The van der Waals surface area contributed by atoms with Crippen molar-refractivity contribution < 1.29 is 9.59 Å². The smallest absolute Gasteiger partial charge is 0.248 e. The topological polar surface area (TPSA) is 98.2 Å². The van der Waals surface area contributed by atoms with Gasteiger partial charge in [0.2, 0.25) is 11.8 Å². The van der Waals surface area contributed by atoms with Crippen LogP contribution >= 0.6 is 12.4 Å². The SMILES string of the molecule is CC(N)C(C)C(=O)NCc1ccc(C(N)=O)cc1.Cl. The molecule has 0 bridgehead atoms. The van der Waals surface area contributed by atoms with Gasteiger partial charge in [0.25, 0.3) is 0 Å². The summed E-state index contributed by atoms with van der Waals surface area (Å²) in [6.45, 7) is 4.00. The molecule has 0 spiro atoms. The van der Waals surface area contributed by atoms with Gasteiger partial charge in [-0.2, -0.15) is 0 Å². The number of halogens is 1. The molecule has 2 atom stereocenters. The molecule has 5 nitrogen and oxygen atoms in total. The highest BCUT2D eigenvalue weighted by molar-refractivity contribution is 5.92. The van der Waals surface area contributed by atoms with Gasteiger partial charge in [0.05, 0.1) is 0 Å². The average molecular weight is 286 g/mol. The van der Waals surface area contributed by atoms with Crippen LogP contribution in [0.5, 0.6) is 0 Å².